The molecule has 2 saturated heterocycles. The number of hydrogen-bond donors (Lipinski definition) is 1. The van der Waals surface area contributed by atoms with Crippen LogP contribution in [-0.4, -0.2) is 92.2 Å². The number of ether oxygens (including phenoxy) is 1. The Kier molecular flexibility index (Phi) is 8.79. The first-order valence-electron chi connectivity index (χ1n) is 14.9. The molecule has 0 aliphatic carbocycles. The Bertz CT molecular complexity index is 2030. The fourth-order valence-electron chi connectivity index (χ4n) is 5.84. The van der Waals surface area contributed by atoms with Crippen molar-refractivity contribution in [2.24, 2.45) is 5.10 Å². The van der Waals surface area contributed by atoms with Crippen LogP contribution in [-0.2, 0) is 21.3 Å². The number of hydrogen-bond acceptors (Lipinski definition) is 10. The lowest BCUT2D eigenvalue weighted by atomic mass is 10.2. The number of thiophene rings is 1. The highest BCUT2D eigenvalue weighted by Crippen LogP contribution is 2.38. The fraction of sp³-hybridized carbons (Fsp3) is 0.323. The van der Waals surface area contributed by atoms with Crippen molar-refractivity contribution in [1.82, 2.24) is 18.8 Å². The average Bonchev–Trinajstić information content (AvgIpc) is 3.64. The first-order valence-corrected chi connectivity index (χ1v) is 18.3. The summed E-state index contributed by atoms with van der Waals surface area (Å²) in [6.07, 6.45) is 5.12. The summed E-state index contributed by atoms with van der Waals surface area (Å²) in [4.78, 5) is 14.2. The summed E-state index contributed by atoms with van der Waals surface area (Å²) in [6.45, 7) is 5.50. The number of benzene rings is 2. The second-order valence-corrected chi connectivity index (χ2v) is 15.1. The molecule has 2 aliphatic rings. The topological polar surface area (TPSA) is 108 Å². The molecule has 2 fully saturated rings. The second-order valence-electron chi connectivity index (χ2n) is 11.3. The maximum atomic E-state index is 12.0. The molecule has 15 heteroatoms. The van der Waals surface area contributed by atoms with Crippen molar-refractivity contribution in [3.63, 3.8) is 0 Å². The highest BCUT2D eigenvalue weighted by molar-refractivity contribution is 7.88. The standard InChI is InChI=1S/C31H32Cl2N8O3S2/c1-46(42,43)41-10-8-38(9-11-41)28-17-26-29(45-28)30(39-12-14-44-15-13-39)36-31(35-26)37-34-18-22-20-40(27-5-3-2-4-23(22)27)19-21-6-7-24(32)25(33)16-21/h2-7,16-18,20H,8-15,19H2,1H3,(H,35,36,37)/b34-18+. The Balaban J connectivity index is 1.16. The first kappa shape index (κ1) is 31.2. The molecule has 1 N–H and O–H groups in total. The van der Waals surface area contributed by atoms with Gasteiger partial charge in [0.2, 0.25) is 16.0 Å². The molecule has 0 bridgehead atoms. The molecule has 0 amide bonds. The molecular formula is C31H32Cl2N8O3S2. The van der Waals surface area contributed by atoms with Crippen LogP contribution < -0.4 is 15.2 Å². The lowest BCUT2D eigenvalue weighted by molar-refractivity contribution is 0.122. The molecule has 5 aromatic rings. The molecule has 0 spiro atoms. The van der Waals surface area contributed by atoms with Gasteiger partial charge in [0.1, 0.15) is 0 Å². The number of para-hydroxylation sites is 1. The average molecular weight is 700 g/mol. The predicted octanol–water partition coefficient (Wildman–Crippen LogP) is 5.37. The maximum absolute atomic E-state index is 12.0. The number of morpholine rings is 1. The van der Waals surface area contributed by atoms with Crippen molar-refractivity contribution in [2.45, 2.75) is 6.54 Å². The molecule has 2 aromatic carbocycles. The Morgan fingerprint density at radius 1 is 0.978 bits per heavy atom. The molecule has 46 heavy (non-hydrogen) atoms. The van der Waals surface area contributed by atoms with Gasteiger partial charge in [-0.3, -0.25) is 0 Å². The van der Waals surface area contributed by atoms with Crippen LogP contribution in [0.1, 0.15) is 11.1 Å². The summed E-state index contributed by atoms with van der Waals surface area (Å²) in [5, 5.41) is 7.74. The molecule has 11 nitrogen and oxygen atoms in total. The summed E-state index contributed by atoms with van der Waals surface area (Å²) >= 11 is 14.0. The molecule has 7 rings (SSSR count). The quantitative estimate of drug-likeness (QED) is 0.170. The van der Waals surface area contributed by atoms with Crippen molar-refractivity contribution in [1.29, 1.82) is 0 Å². The number of sulfonamides is 1. The van der Waals surface area contributed by atoms with Gasteiger partial charge in [-0.25, -0.2) is 18.8 Å². The first-order chi connectivity index (χ1) is 22.2. The SMILES string of the molecule is CS(=O)(=O)N1CCN(c2cc3nc(N/N=C/c4cn(Cc5ccc(Cl)c(Cl)c5)c5ccccc45)nc(N4CCOCC4)c3s2)CC1. The van der Waals surface area contributed by atoms with E-state index in [0.717, 1.165) is 56.2 Å². The van der Waals surface area contributed by atoms with E-state index in [9.17, 15) is 8.42 Å². The summed E-state index contributed by atoms with van der Waals surface area (Å²) < 4.78 is 34.3. The summed E-state index contributed by atoms with van der Waals surface area (Å²) in [5.41, 5.74) is 6.96. The van der Waals surface area contributed by atoms with E-state index in [0.29, 0.717) is 61.9 Å². The Labute approximate surface area is 281 Å². The zero-order valence-corrected chi connectivity index (χ0v) is 28.2. The van der Waals surface area contributed by atoms with Gasteiger partial charge in [0, 0.05) is 68.5 Å². The number of fused-ring (bicyclic) bond motifs is 2. The van der Waals surface area contributed by atoms with E-state index in [4.69, 9.17) is 37.9 Å². The van der Waals surface area contributed by atoms with Crippen LogP contribution in [0.4, 0.5) is 16.8 Å². The van der Waals surface area contributed by atoms with Crippen molar-refractivity contribution in [3.05, 3.63) is 75.9 Å². The zero-order chi connectivity index (χ0) is 31.8. The molecule has 0 unspecified atom stereocenters. The number of aromatic nitrogens is 3. The lowest BCUT2D eigenvalue weighted by Crippen LogP contribution is -2.48. The largest absolute Gasteiger partial charge is 0.378 e. The van der Waals surface area contributed by atoms with Crippen LogP contribution in [0.15, 0.2) is 59.8 Å². The number of piperazine rings is 1. The van der Waals surface area contributed by atoms with Crippen LogP contribution in [0.25, 0.3) is 21.1 Å². The fourth-order valence-corrected chi connectivity index (χ4v) is 8.15. The normalized spacial score (nSPS) is 16.7. The van der Waals surface area contributed by atoms with E-state index in [1.54, 1.807) is 17.6 Å². The zero-order valence-electron chi connectivity index (χ0n) is 25.1. The summed E-state index contributed by atoms with van der Waals surface area (Å²) in [6, 6.07) is 15.9. The van der Waals surface area contributed by atoms with E-state index in [-0.39, 0.29) is 0 Å². The molecule has 240 valence electrons. The van der Waals surface area contributed by atoms with E-state index in [1.807, 2.05) is 30.3 Å². The monoisotopic (exact) mass is 698 g/mol. The van der Waals surface area contributed by atoms with Gasteiger partial charge in [-0.1, -0.05) is 47.5 Å². The van der Waals surface area contributed by atoms with E-state index < -0.39 is 10.0 Å². The van der Waals surface area contributed by atoms with Gasteiger partial charge in [0.25, 0.3) is 0 Å². The third kappa shape index (κ3) is 6.53. The number of rotatable bonds is 8. The molecule has 2 aliphatic heterocycles. The number of nitrogens with one attached hydrogen (secondary N) is 1. The predicted molar refractivity (Wildman–Crippen MR) is 188 cm³/mol. The van der Waals surface area contributed by atoms with Crippen molar-refractivity contribution < 1.29 is 13.2 Å². The van der Waals surface area contributed by atoms with E-state index >= 15 is 0 Å². The lowest BCUT2D eigenvalue weighted by Gasteiger charge is -2.33. The number of halogens is 2. The van der Waals surface area contributed by atoms with Gasteiger partial charge in [0.15, 0.2) is 5.82 Å². The van der Waals surface area contributed by atoms with Crippen LogP contribution in [0.3, 0.4) is 0 Å². The van der Waals surface area contributed by atoms with Crippen molar-refractivity contribution in [2.75, 3.05) is 74.0 Å². The highest BCUT2D eigenvalue weighted by atomic mass is 35.5. The number of nitrogens with zero attached hydrogens (tertiary/aromatic N) is 7. The molecule has 3 aromatic heterocycles. The van der Waals surface area contributed by atoms with Gasteiger partial charge in [-0.05, 0) is 29.8 Å². The third-order valence-corrected chi connectivity index (χ3v) is 11.4. The molecular weight excluding hydrogens is 667 g/mol. The molecule has 0 saturated carbocycles. The van der Waals surface area contributed by atoms with Gasteiger partial charge in [-0.2, -0.15) is 14.4 Å². The molecule has 0 radical (unpaired) electrons. The smallest absolute Gasteiger partial charge is 0.246 e. The third-order valence-electron chi connectivity index (χ3n) is 8.20. The Morgan fingerprint density at radius 2 is 1.76 bits per heavy atom. The molecule has 0 atom stereocenters. The van der Waals surface area contributed by atoms with Gasteiger partial charge < -0.3 is 19.1 Å². The minimum absolute atomic E-state index is 0.399. The van der Waals surface area contributed by atoms with Crippen molar-refractivity contribution >= 4 is 88.7 Å². The van der Waals surface area contributed by atoms with Crippen LogP contribution in [0.5, 0.6) is 0 Å². The van der Waals surface area contributed by atoms with Gasteiger partial charge in [0.05, 0.1) is 50.9 Å². The second kappa shape index (κ2) is 13.0. The maximum Gasteiger partial charge on any atom is 0.246 e. The molecule has 5 heterocycles. The minimum atomic E-state index is -3.20. The van der Waals surface area contributed by atoms with Gasteiger partial charge >= 0.3 is 0 Å². The Morgan fingerprint density at radius 3 is 2.52 bits per heavy atom. The van der Waals surface area contributed by atoms with Crippen molar-refractivity contribution in [3.8, 4) is 0 Å². The van der Waals surface area contributed by atoms with Crippen LogP contribution in [0, 0.1) is 0 Å². The highest BCUT2D eigenvalue weighted by Gasteiger charge is 2.26. The number of anilines is 3. The minimum Gasteiger partial charge on any atom is -0.378 e. The van der Waals surface area contributed by atoms with Crippen LogP contribution in [0.2, 0.25) is 10.0 Å². The van der Waals surface area contributed by atoms with Crippen LogP contribution >= 0.6 is 34.5 Å². The van der Waals surface area contributed by atoms with E-state index in [1.165, 1.54) is 10.6 Å². The summed E-state index contributed by atoms with van der Waals surface area (Å²) in [5.74, 6) is 1.24. The Hall–Kier alpha value is -3.46. The van der Waals surface area contributed by atoms with E-state index in [2.05, 4.69) is 49.3 Å². The van der Waals surface area contributed by atoms with Gasteiger partial charge in [-0.15, -0.1) is 11.3 Å². The summed E-state index contributed by atoms with van der Waals surface area (Å²) in [7, 11) is -3.20. The number of hydrazone groups is 1.